The molecule has 2 rings (SSSR count). The van der Waals surface area contributed by atoms with Crippen molar-refractivity contribution < 1.29 is 0 Å². The van der Waals surface area contributed by atoms with E-state index in [0.29, 0.717) is 0 Å². The Hall–Kier alpha value is -1.39. The maximum atomic E-state index is 5.76. The molecular weight excluding hydrogens is 242 g/mol. The zero-order chi connectivity index (χ0) is 13.0. The third kappa shape index (κ3) is 3.55. The fraction of sp³-hybridized carbons (Fsp3) is 0.357. The lowest BCUT2D eigenvalue weighted by Gasteiger charge is -2.04. The first-order chi connectivity index (χ1) is 8.67. The van der Waals surface area contributed by atoms with E-state index in [0.717, 1.165) is 29.4 Å². The number of nitrogens with zero attached hydrogens (tertiary/aromatic N) is 1. The van der Waals surface area contributed by atoms with Gasteiger partial charge in [-0.05, 0) is 31.0 Å². The number of hydrogen-bond donors (Lipinski definition) is 2. The topological polar surface area (TPSA) is 50.9 Å². The third-order valence-electron chi connectivity index (χ3n) is 2.70. The summed E-state index contributed by atoms with van der Waals surface area (Å²) in [6.45, 7) is 4.15. The summed E-state index contributed by atoms with van der Waals surface area (Å²) < 4.78 is 0. The SMILES string of the molecule is CCc1ccc(Nc2nc(CC(C)N)cs2)cc1. The summed E-state index contributed by atoms with van der Waals surface area (Å²) in [5.41, 5.74) is 9.24. The second kappa shape index (κ2) is 5.98. The third-order valence-corrected chi connectivity index (χ3v) is 3.50. The Labute approximate surface area is 112 Å². The van der Waals surface area contributed by atoms with Crippen LogP contribution in [0.4, 0.5) is 10.8 Å². The molecule has 0 aliphatic rings. The molecule has 2 aromatic rings. The quantitative estimate of drug-likeness (QED) is 0.868. The Bertz CT molecular complexity index is 488. The first-order valence-electron chi connectivity index (χ1n) is 6.23. The number of anilines is 2. The van der Waals surface area contributed by atoms with Crippen molar-refractivity contribution in [1.29, 1.82) is 0 Å². The molecule has 0 radical (unpaired) electrons. The van der Waals surface area contributed by atoms with Crippen LogP contribution >= 0.6 is 11.3 Å². The fourth-order valence-corrected chi connectivity index (χ4v) is 2.48. The van der Waals surface area contributed by atoms with Crippen molar-refractivity contribution in [3.05, 3.63) is 40.9 Å². The fourth-order valence-electron chi connectivity index (χ4n) is 1.74. The highest BCUT2D eigenvalue weighted by atomic mass is 32.1. The molecule has 0 aliphatic carbocycles. The van der Waals surface area contributed by atoms with E-state index in [2.05, 4.69) is 46.9 Å². The van der Waals surface area contributed by atoms with Gasteiger partial charge in [-0.1, -0.05) is 19.1 Å². The van der Waals surface area contributed by atoms with Crippen LogP contribution in [0.3, 0.4) is 0 Å². The molecule has 96 valence electrons. The number of rotatable bonds is 5. The monoisotopic (exact) mass is 261 g/mol. The Morgan fingerprint density at radius 3 is 2.67 bits per heavy atom. The average molecular weight is 261 g/mol. The summed E-state index contributed by atoms with van der Waals surface area (Å²) in [7, 11) is 0. The molecule has 0 spiro atoms. The summed E-state index contributed by atoms with van der Waals surface area (Å²) in [5, 5.41) is 6.30. The molecule has 1 heterocycles. The van der Waals surface area contributed by atoms with Gasteiger partial charge in [0.1, 0.15) is 0 Å². The molecule has 0 amide bonds. The van der Waals surface area contributed by atoms with Crippen molar-refractivity contribution in [2.45, 2.75) is 32.7 Å². The number of aryl methyl sites for hydroxylation is 1. The first-order valence-corrected chi connectivity index (χ1v) is 7.11. The van der Waals surface area contributed by atoms with Crippen molar-refractivity contribution in [2.24, 2.45) is 5.73 Å². The highest BCUT2D eigenvalue weighted by Crippen LogP contribution is 2.21. The van der Waals surface area contributed by atoms with E-state index in [1.54, 1.807) is 11.3 Å². The lowest BCUT2D eigenvalue weighted by molar-refractivity contribution is 0.726. The summed E-state index contributed by atoms with van der Waals surface area (Å²) in [5.74, 6) is 0. The number of benzene rings is 1. The number of thiazole rings is 1. The van der Waals surface area contributed by atoms with Crippen molar-refractivity contribution in [1.82, 2.24) is 4.98 Å². The molecule has 0 fully saturated rings. The average Bonchev–Trinajstić information content (AvgIpc) is 2.76. The van der Waals surface area contributed by atoms with Gasteiger partial charge < -0.3 is 11.1 Å². The van der Waals surface area contributed by atoms with Gasteiger partial charge in [-0.15, -0.1) is 11.3 Å². The van der Waals surface area contributed by atoms with Crippen LogP contribution in [-0.2, 0) is 12.8 Å². The van der Waals surface area contributed by atoms with Crippen molar-refractivity contribution in [3.63, 3.8) is 0 Å². The van der Waals surface area contributed by atoms with Crippen LogP contribution in [0.15, 0.2) is 29.6 Å². The van der Waals surface area contributed by atoms with Crippen molar-refractivity contribution in [2.75, 3.05) is 5.32 Å². The summed E-state index contributed by atoms with van der Waals surface area (Å²) in [4.78, 5) is 4.52. The molecule has 0 saturated carbocycles. The molecule has 1 aromatic heterocycles. The molecule has 3 N–H and O–H groups in total. The van der Waals surface area contributed by atoms with E-state index in [-0.39, 0.29) is 6.04 Å². The van der Waals surface area contributed by atoms with E-state index >= 15 is 0 Å². The van der Waals surface area contributed by atoms with Crippen LogP contribution in [0.2, 0.25) is 0 Å². The van der Waals surface area contributed by atoms with E-state index in [4.69, 9.17) is 5.73 Å². The second-order valence-corrected chi connectivity index (χ2v) is 5.36. The highest BCUT2D eigenvalue weighted by Gasteiger charge is 2.04. The maximum Gasteiger partial charge on any atom is 0.187 e. The van der Waals surface area contributed by atoms with Gasteiger partial charge in [-0.3, -0.25) is 0 Å². The number of nitrogens with two attached hydrogens (primary N) is 1. The normalized spacial score (nSPS) is 12.4. The molecule has 0 saturated heterocycles. The largest absolute Gasteiger partial charge is 0.332 e. The van der Waals surface area contributed by atoms with Crippen LogP contribution in [0.25, 0.3) is 0 Å². The summed E-state index contributed by atoms with van der Waals surface area (Å²) in [6.07, 6.45) is 1.89. The molecule has 0 aliphatic heterocycles. The van der Waals surface area contributed by atoms with Crippen molar-refractivity contribution in [3.8, 4) is 0 Å². The van der Waals surface area contributed by atoms with Gasteiger partial charge >= 0.3 is 0 Å². The Morgan fingerprint density at radius 2 is 2.06 bits per heavy atom. The molecule has 1 unspecified atom stereocenters. The molecule has 0 bridgehead atoms. The standard InChI is InChI=1S/C14H19N3S/c1-3-11-4-6-12(7-5-11)16-14-17-13(9-18-14)8-10(2)15/h4-7,9-10H,3,8,15H2,1-2H3,(H,16,17). The van der Waals surface area contributed by atoms with Gasteiger partial charge in [0, 0.05) is 23.5 Å². The van der Waals surface area contributed by atoms with Crippen molar-refractivity contribution >= 4 is 22.2 Å². The molecule has 3 nitrogen and oxygen atoms in total. The zero-order valence-electron chi connectivity index (χ0n) is 10.8. The van der Waals surface area contributed by atoms with Crippen LogP contribution in [-0.4, -0.2) is 11.0 Å². The highest BCUT2D eigenvalue weighted by molar-refractivity contribution is 7.13. The van der Waals surface area contributed by atoms with Crippen LogP contribution in [0.5, 0.6) is 0 Å². The predicted molar refractivity (Wildman–Crippen MR) is 78.6 cm³/mol. The van der Waals surface area contributed by atoms with E-state index in [1.807, 2.05) is 6.92 Å². The Kier molecular flexibility index (Phi) is 4.33. The van der Waals surface area contributed by atoms with E-state index < -0.39 is 0 Å². The minimum Gasteiger partial charge on any atom is -0.332 e. The minimum atomic E-state index is 0.156. The predicted octanol–water partition coefficient (Wildman–Crippen LogP) is 3.34. The van der Waals surface area contributed by atoms with Gasteiger partial charge in [0.25, 0.3) is 0 Å². The number of nitrogens with one attached hydrogen (secondary N) is 1. The minimum absolute atomic E-state index is 0.156. The Morgan fingerprint density at radius 1 is 1.33 bits per heavy atom. The molecule has 1 aromatic carbocycles. The van der Waals surface area contributed by atoms with Crippen LogP contribution in [0, 0.1) is 0 Å². The van der Waals surface area contributed by atoms with Crippen LogP contribution in [0.1, 0.15) is 25.1 Å². The lowest BCUT2D eigenvalue weighted by atomic mass is 10.1. The van der Waals surface area contributed by atoms with Gasteiger partial charge in [0.05, 0.1) is 5.69 Å². The number of hydrogen-bond acceptors (Lipinski definition) is 4. The van der Waals surface area contributed by atoms with Gasteiger partial charge in [0.15, 0.2) is 5.13 Å². The van der Waals surface area contributed by atoms with Gasteiger partial charge in [0.2, 0.25) is 0 Å². The van der Waals surface area contributed by atoms with Crippen LogP contribution < -0.4 is 11.1 Å². The molecule has 4 heteroatoms. The molecule has 1 atom stereocenters. The first kappa shape index (κ1) is 13.1. The second-order valence-electron chi connectivity index (χ2n) is 4.50. The van der Waals surface area contributed by atoms with E-state index in [1.165, 1.54) is 5.56 Å². The lowest BCUT2D eigenvalue weighted by Crippen LogP contribution is -2.17. The summed E-state index contributed by atoms with van der Waals surface area (Å²) in [6, 6.07) is 8.61. The zero-order valence-corrected chi connectivity index (χ0v) is 11.6. The maximum absolute atomic E-state index is 5.76. The van der Waals surface area contributed by atoms with E-state index in [9.17, 15) is 0 Å². The van der Waals surface area contributed by atoms with Gasteiger partial charge in [-0.2, -0.15) is 0 Å². The number of aromatic nitrogens is 1. The summed E-state index contributed by atoms with van der Waals surface area (Å²) >= 11 is 1.62. The molecule has 18 heavy (non-hydrogen) atoms. The molecular formula is C14H19N3S. The Balaban J connectivity index is 2.01. The smallest absolute Gasteiger partial charge is 0.187 e. The van der Waals surface area contributed by atoms with Gasteiger partial charge in [-0.25, -0.2) is 4.98 Å².